The van der Waals surface area contributed by atoms with Crippen molar-refractivity contribution in [1.82, 2.24) is 0 Å². The van der Waals surface area contributed by atoms with Gasteiger partial charge in [0.05, 0.1) is 7.11 Å². The number of carbonyl (C=O) groups is 1. The Labute approximate surface area is 132 Å². The van der Waals surface area contributed by atoms with Crippen LogP contribution >= 0.6 is 23.2 Å². The van der Waals surface area contributed by atoms with Crippen LogP contribution in [0.15, 0.2) is 36.4 Å². The third-order valence-electron chi connectivity index (χ3n) is 3.03. The highest BCUT2D eigenvalue weighted by atomic mass is 35.5. The van der Waals surface area contributed by atoms with Gasteiger partial charge in [0.2, 0.25) is 0 Å². The van der Waals surface area contributed by atoms with E-state index in [0.29, 0.717) is 21.9 Å². The maximum atomic E-state index is 13.0. The Hall–Kier alpha value is -1.58. The third-order valence-corrected chi connectivity index (χ3v) is 3.62. The molecule has 0 atom stereocenters. The van der Waals surface area contributed by atoms with Gasteiger partial charge in [-0.3, -0.25) is 4.79 Å². The molecule has 0 amide bonds. The van der Waals surface area contributed by atoms with E-state index in [2.05, 4.69) is 0 Å². The first-order valence-corrected chi connectivity index (χ1v) is 7.03. The van der Waals surface area contributed by atoms with Crippen molar-refractivity contribution < 1.29 is 13.9 Å². The quantitative estimate of drug-likeness (QED) is 0.808. The summed E-state index contributed by atoms with van der Waals surface area (Å²) in [7, 11) is 1.54. The molecule has 2 aromatic carbocycles. The fourth-order valence-electron chi connectivity index (χ4n) is 2.04. The Bertz CT molecular complexity index is 671. The predicted octanol–water partition coefficient (Wildman–Crippen LogP) is 4.50. The highest BCUT2D eigenvalue weighted by Crippen LogP contribution is 2.24. The van der Waals surface area contributed by atoms with E-state index in [1.807, 2.05) is 0 Å². The predicted molar refractivity (Wildman–Crippen MR) is 81.8 cm³/mol. The standard InChI is InChI=1S/C16H13Cl2FO2/c1-21-16-5-3-12(17)6-11(16)8-14(20)7-10-2-4-13(19)9-15(10)18/h2-6,9H,7-8H2,1H3. The van der Waals surface area contributed by atoms with Crippen molar-refractivity contribution in [3.8, 4) is 5.75 Å². The van der Waals surface area contributed by atoms with E-state index in [1.54, 1.807) is 18.2 Å². The molecule has 0 N–H and O–H groups in total. The zero-order valence-corrected chi connectivity index (χ0v) is 12.8. The Kier molecular flexibility index (Phi) is 5.21. The van der Waals surface area contributed by atoms with Crippen LogP contribution in [0.25, 0.3) is 0 Å². The zero-order chi connectivity index (χ0) is 15.4. The number of benzene rings is 2. The van der Waals surface area contributed by atoms with Gasteiger partial charge in [0.25, 0.3) is 0 Å². The first-order valence-electron chi connectivity index (χ1n) is 6.27. The summed E-state index contributed by atoms with van der Waals surface area (Å²) < 4.78 is 18.2. The van der Waals surface area contributed by atoms with E-state index in [4.69, 9.17) is 27.9 Å². The number of hydrogen-bond donors (Lipinski definition) is 0. The minimum absolute atomic E-state index is 0.0518. The molecule has 0 saturated heterocycles. The van der Waals surface area contributed by atoms with E-state index < -0.39 is 5.82 Å². The molecule has 110 valence electrons. The van der Waals surface area contributed by atoms with Gasteiger partial charge >= 0.3 is 0 Å². The molecular weight excluding hydrogens is 314 g/mol. The largest absolute Gasteiger partial charge is 0.496 e. The minimum atomic E-state index is -0.423. The summed E-state index contributed by atoms with van der Waals surface area (Å²) in [6.45, 7) is 0. The maximum absolute atomic E-state index is 13.0. The monoisotopic (exact) mass is 326 g/mol. The Balaban J connectivity index is 2.13. The first kappa shape index (κ1) is 15.8. The Morgan fingerprint density at radius 2 is 1.81 bits per heavy atom. The summed E-state index contributed by atoms with van der Waals surface area (Å²) in [5.74, 6) is 0.134. The number of Topliss-reactive ketones (excluding diaryl/α,β-unsaturated/α-hetero) is 1. The van der Waals surface area contributed by atoms with E-state index in [0.717, 1.165) is 0 Å². The van der Waals surface area contributed by atoms with Crippen LogP contribution in [-0.4, -0.2) is 12.9 Å². The van der Waals surface area contributed by atoms with Gasteiger partial charge in [0.1, 0.15) is 17.3 Å². The average molecular weight is 327 g/mol. The van der Waals surface area contributed by atoms with Crippen molar-refractivity contribution >= 4 is 29.0 Å². The molecule has 0 radical (unpaired) electrons. The van der Waals surface area contributed by atoms with Crippen LogP contribution in [0.3, 0.4) is 0 Å². The van der Waals surface area contributed by atoms with Gasteiger partial charge in [0.15, 0.2) is 0 Å². The Morgan fingerprint density at radius 3 is 2.48 bits per heavy atom. The number of carbonyl (C=O) groups excluding carboxylic acids is 1. The number of ether oxygens (including phenoxy) is 1. The van der Waals surface area contributed by atoms with Gasteiger partial charge < -0.3 is 4.74 Å². The lowest BCUT2D eigenvalue weighted by atomic mass is 10.0. The SMILES string of the molecule is COc1ccc(Cl)cc1CC(=O)Cc1ccc(F)cc1Cl. The summed E-state index contributed by atoms with van der Waals surface area (Å²) in [6, 6.07) is 9.12. The highest BCUT2D eigenvalue weighted by Gasteiger charge is 2.12. The molecular formula is C16H13Cl2FO2. The number of methoxy groups -OCH3 is 1. The summed E-state index contributed by atoms with van der Waals surface area (Å²) in [4.78, 5) is 12.1. The zero-order valence-electron chi connectivity index (χ0n) is 11.3. The van der Waals surface area contributed by atoms with Crippen molar-refractivity contribution in [2.75, 3.05) is 7.11 Å². The molecule has 2 rings (SSSR count). The molecule has 0 aliphatic heterocycles. The van der Waals surface area contributed by atoms with Gasteiger partial charge in [-0.05, 0) is 35.9 Å². The fraction of sp³-hybridized carbons (Fsp3) is 0.188. The average Bonchev–Trinajstić information content (AvgIpc) is 2.42. The normalized spacial score (nSPS) is 10.5. The smallest absolute Gasteiger partial charge is 0.141 e. The molecule has 5 heteroatoms. The van der Waals surface area contributed by atoms with Crippen molar-refractivity contribution in [3.05, 3.63) is 63.4 Å². The second-order valence-electron chi connectivity index (χ2n) is 4.58. The maximum Gasteiger partial charge on any atom is 0.141 e. The van der Waals surface area contributed by atoms with Crippen LogP contribution in [0, 0.1) is 5.82 Å². The molecule has 0 aliphatic carbocycles. The molecule has 0 saturated carbocycles. The lowest BCUT2D eigenvalue weighted by molar-refractivity contribution is -0.117. The molecule has 0 aromatic heterocycles. The van der Waals surface area contributed by atoms with Crippen LogP contribution in [0.4, 0.5) is 4.39 Å². The fourth-order valence-corrected chi connectivity index (χ4v) is 2.47. The summed E-state index contributed by atoms with van der Waals surface area (Å²) in [5.41, 5.74) is 1.32. The number of ketones is 1. The molecule has 0 heterocycles. The number of rotatable bonds is 5. The van der Waals surface area contributed by atoms with E-state index >= 15 is 0 Å². The van der Waals surface area contributed by atoms with Crippen LogP contribution in [0.2, 0.25) is 10.0 Å². The molecule has 2 aromatic rings. The van der Waals surface area contributed by atoms with Gasteiger partial charge in [-0.25, -0.2) is 4.39 Å². The lowest BCUT2D eigenvalue weighted by Gasteiger charge is -2.09. The van der Waals surface area contributed by atoms with Crippen molar-refractivity contribution in [2.24, 2.45) is 0 Å². The molecule has 0 fully saturated rings. The number of halogens is 3. The second kappa shape index (κ2) is 6.92. The molecule has 0 aliphatic rings. The van der Waals surface area contributed by atoms with Crippen molar-refractivity contribution in [1.29, 1.82) is 0 Å². The second-order valence-corrected chi connectivity index (χ2v) is 5.43. The van der Waals surface area contributed by atoms with E-state index in [1.165, 1.54) is 25.3 Å². The van der Waals surface area contributed by atoms with E-state index in [9.17, 15) is 9.18 Å². The van der Waals surface area contributed by atoms with Crippen molar-refractivity contribution in [2.45, 2.75) is 12.8 Å². The summed E-state index contributed by atoms with van der Waals surface area (Å²) >= 11 is 11.9. The molecule has 0 unspecified atom stereocenters. The van der Waals surface area contributed by atoms with Gasteiger partial charge in [-0.2, -0.15) is 0 Å². The van der Waals surface area contributed by atoms with Crippen LogP contribution in [0.1, 0.15) is 11.1 Å². The van der Waals surface area contributed by atoms with Gasteiger partial charge in [0, 0.05) is 28.5 Å². The van der Waals surface area contributed by atoms with Crippen molar-refractivity contribution in [3.63, 3.8) is 0 Å². The van der Waals surface area contributed by atoms with Gasteiger partial charge in [-0.1, -0.05) is 29.3 Å². The lowest BCUT2D eigenvalue weighted by Crippen LogP contribution is -2.08. The van der Waals surface area contributed by atoms with E-state index in [-0.39, 0.29) is 23.6 Å². The summed E-state index contributed by atoms with van der Waals surface area (Å²) in [5, 5.41) is 0.792. The highest BCUT2D eigenvalue weighted by molar-refractivity contribution is 6.31. The van der Waals surface area contributed by atoms with Gasteiger partial charge in [-0.15, -0.1) is 0 Å². The Morgan fingerprint density at radius 1 is 1.10 bits per heavy atom. The first-order chi connectivity index (χ1) is 9.99. The van der Waals surface area contributed by atoms with Crippen LogP contribution < -0.4 is 4.74 Å². The van der Waals surface area contributed by atoms with Crippen LogP contribution in [0.5, 0.6) is 5.75 Å². The molecule has 0 bridgehead atoms. The van der Waals surface area contributed by atoms with Crippen LogP contribution in [-0.2, 0) is 17.6 Å². The molecule has 21 heavy (non-hydrogen) atoms. The third kappa shape index (κ3) is 4.19. The molecule has 0 spiro atoms. The topological polar surface area (TPSA) is 26.3 Å². The number of hydrogen-bond acceptors (Lipinski definition) is 2. The minimum Gasteiger partial charge on any atom is -0.496 e. The summed E-state index contributed by atoms with van der Waals surface area (Å²) in [6.07, 6.45) is 0.312. The molecule has 2 nitrogen and oxygen atoms in total.